The molecule has 0 aliphatic carbocycles. The Kier molecular flexibility index (Phi) is 5.36. The van der Waals surface area contributed by atoms with Crippen LogP contribution < -0.4 is 5.32 Å². The van der Waals surface area contributed by atoms with Gasteiger partial charge in [0.1, 0.15) is 0 Å². The van der Waals surface area contributed by atoms with E-state index >= 15 is 0 Å². The lowest BCUT2D eigenvalue weighted by atomic mass is 9.85. The number of carbonyl (C=O) groups excluding carboxylic acids is 1. The molecule has 2 amide bonds. The molecule has 0 saturated carbocycles. The predicted molar refractivity (Wildman–Crippen MR) is 77.2 cm³/mol. The first-order valence-corrected chi connectivity index (χ1v) is 6.55. The first-order chi connectivity index (χ1) is 8.83. The zero-order valence-electron chi connectivity index (χ0n) is 12.2. The molecule has 19 heavy (non-hydrogen) atoms. The van der Waals surface area contributed by atoms with Gasteiger partial charge in [-0.15, -0.1) is 0 Å². The van der Waals surface area contributed by atoms with Crippen molar-refractivity contribution in [1.82, 2.24) is 10.2 Å². The van der Waals surface area contributed by atoms with E-state index < -0.39 is 6.10 Å². The van der Waals surface area contributed by atoms with Crippen molar-refractivity contribution in [3.05, 3.63) is 35.9 Å². The number of aliphatic hydroxyl groups is 1. The van der Waals surface area contributed by atoms with Crippen LogP contribution in [0, 0.1) is 0 Å². The highest BCUT2D eigenvalue weighted by molar-refractivity contribution is 5.74. The summed E-state index contributed by atoms with van der Waals surface area (Å²) in [6.07, 6.45) is -0.516. The van der Waals surface area contributed by atoms with Crippen LogP contribution in [0.1, 0.15) is 26.3 Å². The molecule has 1 aromatic carbocycles. The second-order valence-corrected chi connectivity index (χ2v) is 5.64. The van der Waals surface area contributed by atoms with Crippen molar-refractivity contribution in [3.63, 3.8) is 0 Å². The van der Waals surface area contributed by atoms with E-state index in [-0.39, 0.29) is 11.4 Å². The van der Waals surface area contributed by atoms with Crippen molar-refractivity contribution in [2.75, 3.05) is 20.1 Å². The fourth-order valence-electron chi connectivity index (χ4n) is 1.90. The average Bonchev–Trinajstić information content (AvgIpc) is 2.36. The maximum Gasteiger partial charge on any atom is 0.317 e. The van der Waals surface area contributed by atoms with Crippen LogP contribution in [0.15, 0.2) is 30.3 Å². The summed E-state index contributed by atoms with van der Waals surface area (Å²) in [5, 5.41) is 12.2. The Morgan fingerprint density at radius 3 is 2.47 bits per heavy atom. The average molecular weight is 264 g/mol. The van der Waals surface area contributed by atoms with Gasteiger partial charge in [0, 0.05) is 25.6 Å². The predicted octanol–water partition coefficient (Wildman–Crippen LogP) is 1.99. The normalized spacial score (nSPS) is 12.9. The van der Waals surface area contributed by atoms with Gasteiger partial charge in [-0.2, -0.15) is 0 Å². The van der Waals surface area contributed by atoms with Gasteiger partial charge in [-0.05, 0) is 12.5 Å². The van der Waals surface area contributed by atoms with Crippen molar-refractivity contribution >= 4 is 6.03 Å². The Morgan fingerprint density at radius 1 is 1.37 bits per heavy atom. The molecule has 0 spiro atoms. The van der Waals surface area contributed by atoms with Crippen molar-refractivity contribution in [1.29, 1.82) is 0 Å². The molecule has 1 unspecified atom stereocenters. The maximum atomic E-state index is 11.9. The van der Waals surface area contributed by atoms with Gasteiger partial charge in [0.05, 0.1) is 6.10 Å². The SMILES string of the molecule is CC(O)CN(C)C(=O)NCC(C)(C)c1ccccc1. The fourth-order valence-corrected chi connectivity index (χ4v) is 1.90. The van der Waals surface area contributed by atoms with Crippen LogP contribution in [0.25, 0.3) is 0 Å². The Morgan fingerprint density at radius 2 is 1.95 bits per heavy atom. The lowest BCUT2D eigenvalue weighted by molar-refractivity contribution is 0.143. The summed E-state index contributed by atoms with van der Waals surface area (Å²) in [6.45, 7) is 6.74. The molecular weight excluding hydrogens is 240 g/mol. The minimum absolute atomic E-state index is 0.122. The van der Waals surface area contributed by atoms with Crippen LogP contribution in [0.4, 0.5) is 4.79 Å². The molecule has 4 heteroatoms. The summed E-state index contributed by atoms with van der Waals surface area (Å²) in [7, 11) is 1.68. The lowest BCUT2D eigenvalue weighted by Gasteiger charge is -2.27. The number of hydrogen-bond acceptors (Lipinski definition) is 2. The molecule has 0 radical (unpaired) electrons. The molecule has 1 rings (SSSR count). The lowest BCUT2D eigenvalue weighted by Crippen LogP contribution is -2.45. The van der Waals surface area contributed by atoms with E-state index in [1.807, 2.05) is 18.2 Å². The Hall–Kier alpha value is -1.55. The minimum Gasteiger partial charge on any atom is -0.392 e. The molecule has 1 aromatic rings. The number of benzene rings is 1. The molecule has 0 heterocycles. The van der Waals surface area contributed by atoms with Crippen LogP contribution in [0.5, 0.6) is 0 Å². The highest BCUT2D eigenvalue weighted by atomic mass is 16.3. The van der Waals surface area contributed by atoms with E-state index in [0.29, 0.717) is 13.1 Å². The molecule has 106 valence electrons. The maximum absolute atomic E-state index is 11.9. The number of nitrogens with zero attached hydrogens (tertiary/aromatic N) is 1. The number of likely N-dealkylation sites (N-methyl/N-ethyl adjacent to an activating group) is 1. The van der Waals surface area contributed by atoms with Crippen LogP contribution in [-0.2, 0) is 5.41 Å². The number of rotatable bonds is 5. The van der Waals surface area contributed by atoms with E-state index in [1.165, 1.54) is 10.5 Å². The van der Waals surface area contributed by atoms with Gasteiger partial charge in [0.15, 0.2) is 0 Å². The molecule has 0 aliphatic rings. The fraction of sp³-hybridized carbons (Fsp3) is 0.533. The van der Waals surface area contributed by atoms with Crippen LogP contribution >= 0.6 is 0 Å². The zero-order valence-corrected chi connectivity index (χ0v) is 12.2. The summed E-state index contributed by atoms with van der Waals surface area (Å²) in [6, 6.07) is 9.94. The number of hydrogen-bond donors (Lipinski definition) is 2. The summed E-state index contributed by atoms with van der Waals surface area (Å²) in [5.41, 5.74) is 1.07. The zero-order chi connectivity index (χ0) is 14.5. The number of aliphatic hydroxyl groups excluding tert-OH is 1. The third-order valence-corrected chi connectivity index (χ3v) is 3.12. The van der Waals surface area contributed by atoms with Crippen LogP contribution in [0.3, 0.4) is 0 Å². The Labute approximate surface area is 115 Å². The van der Waals surface area contributed by atoms with Crippen molar-refractivity contribution in [3.8, 4) is 0 Å². The van der Waals surface area contributed by atoms with Gasteiger partial charge < -0.3 is 15.3 Å². The second kappa shape index (κ2) is 6.57. The highest BCUT2D eigenvalue weighted by Crippen LogP contribution is 2.21. The summed E-state index contributed by atoms with van der Waals surface area (Å²) in [5.74, 6) is 0. The van der Waals surface area contributed by atoms with E-state index in [1.54, 1.807) is 14.0 Å². The Bertz CT molecular complexity index is 402. The highest BCUT2D eigenvalue weighted by Gasteiger charge is 2.22. The van der Waals surface area contributed by atoms with Gasteiger partial charge in [-0.3, -0.25) is 0 Å². The van der Waals surface area contributed by atoms with Crippen molar-refractivity contribution in [2.45, 2.75) is 32.3 Å². The number of amides is 2. The van der Waals surface area contributed by atoms with Gasteiger partial charge in [-0.25, -0.2) is 4.79 Å². The topological polar surface area (TPSA) is 52.6 Å². The van der Waals surface area contributed by atoms with E-state index in [0.717, 1.165) is 0 Å². The summed E-state index contributed by atoms with van der Waals surface area (Å²) >= 11 is 0. The smallest absolute Gasteiger partial charge is 0.317 e. The molecular formula is C15H24N2O2. The number of carbonyl (C=O) groups is 1. The monoisotopic (exact) mass is 264 g/mol. The van der Waals surface area contributed by atoms with Gasteiger partial charge >= 0.3 is 6.03 Å². The molecule has 0 aliphatic heterocycles. The third kappa shape index (κ3) is 4.91. The third-order valence-electron chi connectivity index (χ3n) is 3.12. The standard InChI is InChI=1S/C15H24N2O2/c1-12(18)10-17(4)14(19)16-11-15(2,3)13-8-6-5-7-9-13/h5-9,12,18H,10-11H2,1-4H3,(H,16,19). The van der Waals surface area contributed by atoms with Gasteiger partial charge in [-0.1, -0.05) is 44.2 Å². The first kappa shape index (κ1) is 15.5. The van der Waals surface area contributed by atoms with Gasteiger partial charge in [0.25, 0.3) is 0 Å². The number of nitrogens with one attached hydrogen (secondary N) is 1. The van der Waals surface area contributed by atoms with Crippen LogP contribution in [0.2, 0.25) is 0 Å². The molecule has 1 atom stereocenters. The molecule has 0 fully saturated rings. The van der Waals surface area contributed by atoms with E-state index in [2.05, 4.69) is 31.3 Å². The van der Waals surface area contributed by atoms with E-state index in [4.69, 9.17) is 0 Å². The molecule has 0 saturated heterocycles. The minimum atomic E-state index is -0.516. The van der Waals surface area contributed by atoms with E-state index in [9.17, 15) is 9.90 Å². The van der Waals surface area contributed by atoms with Gasteiger partial charge in [0.2, 0.25) is 0 Å². The molecule has 2 N–H and O–H groups in total. The van der Waals surface area contributed by atoms with Crippen molar-refractivity contribution < 1.29 is 9.90 Å². The Balaban J connectivity index is 2.54. The summed E-state index contributed by atoms with van der Waals surface area (Å²) < 4.78 is 0. The largest absolute Gasteiger partial charge is 0.392 e. The van der Waals surface area contributed by atoms with Crippen molar-refractivity contribution in [2.24, 2.45) is 0 Å². The molecule has 4 nitrogen and oxygen atoms in total. The summed E-state index contributed by atoms with van der Waals surface area (Å²) in [4.78, 5) is 13.4. The molecule has 0 bridgehead atoms. The van der Waals surface area contributed by atoms with Crippen LogP contribution in [-0.4, -0.2) is 42.3 Å². The number of urea groups is 1. The first-order valence-electron chi connectivity index (χ1n) is 6.55. The quantitative estimate of drug-likeness (QED) is 0.854. The second-order valence-electron chi connectivity index (χ2n) is 5.64. The molecule has 0 aromatic heterocycles.